The van der Waals surface area contributed by atoms with E-state index in [0.29, 0.717) is 6.04 Å². The summed E-state index contributed by atoms with van der Waals surface area (Å²) in [6.07, 6.45) is 3.54. The first-order chi connectivity index (χ1) is 9.22. The van der Waals surface area contributed by atoms with Crippen LogP contribution < -0.4 is 5.32 Å². The number of hydrogen-bond donors (Lipinski definition) is 1. The van der Waals surface area contributed by atoms with Crippen molar-refractivity contribution in [1.29, 1.82) is 0 Å². The Bertz CT molecular complexity index is 501. The smallest absolute Gasteiger partial charge is 0.138 e. The molecule has 0 fully saturated rings. The van der Waals surface area contributed by atoms with Crippen LogP contribution in [0, 0.1) is 6.92 Å². The number of aryl methyl sites for hydroxylation is 2. The van der Waals surface area contributed by atoms with Crippen molar-refractivity contribution in [2.75, 3.05) is 7.05 Å². The summed E-state index contributed by atoms with van der Waals surface area (Å²) in [7, 11) is 2.01. The topological polar surface area (TPSA) is 42.7 Å². The quantitative estimate of drug-likeness (QED) is 0.861. The van der Waals surface area contributed by atoms with E-state index >= 15 is 0 Å². The molecule has 1 heterocycles. The van der Waals surface area contributed by atoms with Gasteiger partial charge in [-0.15, -0.1) is 0 Å². The summed E-state index contributed by atoms with van der Waals surface area (Å²) in [6.45, 7) is 5.08. The molecule has 0 spiro atoms. The number of hydrogen-bond acceptors (Lipinski definition) is 3. The molecule has 0 aliphatic carbocycles. The minimum absolute atomic E-state index is 0.386. The Balaban J connectivity index is 2.02. The minimum Gasteiger partial charge on any atom is -0.316 e. The maximum Gasteiger partial charge on any atom is 0.138 e. The predicted molar refractivity (Wildman–Crippen MR) is 77.1 cm³/mol. The van der Waals surface area contributed by atoms with Crippen LogP contribution in [0.1, 0.15) is 23.9 Å². The number of rotatable bonds is 6. The second-order valence-corrected chi connectivity index (χ2v) is 4.87. The van der Waals surface area contributed by atoms with Crippen molar-refractivity contribution >= 4 is 0 Å². The van der Waals surface area contributed by atoms with Gasteiger partial charge in [0, 0.05) is 19.0 Å². The second kappa shape index (κ2) is 6.48. The zero-order chi connectivity index (χ0) is 13.7. The van der Waals surface area contributed by atoms with Gasteiger partial charge in [0.2, 0.25) is 0 Å². The van der Waals surface area contributed by atoms with E-state index in [9.17, 15) is 0 Å². The van der Waals surface area contributed by atoms with Crippen LogP contribution in [0.5, 0.6) is 0 Å². The zero-order valence-corrected chi connectivity index (χ0v) is 11.9. The molecule has 1 N–H and O–H groups in total. The lowest BCUT2D eigenvalue weighted by molar-refractivity contribution is 0.513. The maximum atomic E-state index is 4.34. The highest BCUT2D eigenvalue weighted by molar-refractivity contribution is 5.22. The van der Waals surface area contributed by atoms with Crippen LogP contribution in [-0.2, 0) is 19.4 Å². The van der Waals surface area contributed by atoms with Crippen LogP contribution in [0.25, 0.3) is 0 Å². The average Bonchev–Trinajstić information content (AvgIpc) is 2.87. The van der Waals surface area contributed by atoms with Crippen molar-refractivity contribution in [3.63, 3.8) is 0 Å². The van der Waals surface area contributed by atoms with Crippen molar-refractivity contribution in [3.05, 3.63) is 47.5 Å². The predicted octanol–water partition coefficient (Wildman–Crippen LogP) is 1.98. The van der Waals surface area contributed by atoms with Gasteiger partial charge in [-0.1, -0.05) is 29.8 Å². The SMILES string of the molecule is CCn1ncnc1CC(Cc1ccc(C)cc1)NC. The molecule has 1 aromatic carbocycles. The maximum absolute atomic E-state index is 4.34. The number of likely N-dealkylation sites (N-methyl/N-ethyl adjacent to an activating group) is 1. The number of aromatic nitrogens is 3. The van der Waals surface area contributed by atoms with E-state index in [0.717, 1.165) is 25.2 Å². The van der Waals surface area contributed by atoms with E-state index in [1.807, 2.05) is 11.7 Å². The molecule has 0 amide bonds. The lowest BCUT2D eigenvalue weighted by atomic mass is 10.0. The van der Waals surface area contributed by atoms with E-state index in [1.165, 1.54) is 11.1 Å². The highest BCUT2D eigenvalue weighted by Crippen LogP contribution is 2.09. The van der Waals surface area contributed by atoms with Crippen LogP contribution in [0.2, 0.25) is 0 Å². The largest absolute Gasteiger partial charge is 0.316 e. The molecule has 0 aliphatic rings. The fraction of sp³-hybridized carbons (Fsp3) is 0.467. The summed E-state index contributed by atoms with van der Waals surface area (Å²) < 4.78 is 1.96. The van der Waals surface area contributed by atoms with Gasteiger partial charge in [-0.2, -0.15) is 5.10 Å². The van der Waals surface area contributed by atoms with Crippen LogP contribution >= 0.6 is 0 Å². The van der Waals surface area contributed by atoms with Gasteiger partial charge < -0.3 is 5.32 Å². The van der Waals surface area contributed by atoms with Crippen LogP contribution in [0.3, 0.4) is 0 Å². The van der Waals surface area contributed by atoms with Crippen molar-refractivity contribution in [3.8, 4) is 0 Å². The van der Waals surface area contributed by atoms with Gasteiger partial charge >= 0.3 is 0 Å². The Morgan fingerprint density at radius 1 is 1.21 bits per heavy atom. The molecule has 102 valence electrons. The lowest BCUT2D eigenvalue weighted by Gasteiger charge is -2.16. The van der Waals surface area contributed by atoms with Crippen LogP contribution in [0.4, 0.5) is 0 Å². The van der Waals surface area contributed by atoms with Crippen molar-refractivity contribution in [2.24, 2.45) is 0 Å². The molecule has 0 bridgehead atoms. The fourth-order valence-corrected chi connectivity index (χ4v) is 2.22. The molecule has 0 radical (unpaired) electrons. The molecule has 1 aromatic heterocycles. The van der Waals surface area contributed by atoms with Crippen LogP contribution in [0.15, 0.2) is 30.6 Å². The van der Waals surface area contributed by atoms with Gasteiger partial charge in [-0.25, -0.2) is 4.98 Å². The monoisotopic (exact) mass is 258 g/mol. The first-order valence-corrected chi connectivity index (χ1v) is 6.82. The standard InChI is InChI=1S/C15H22N4/c1-4-19-15(17-11-18-19)10-14(16-3)9-13-7-5-12(2)6-8-13/h5-8,11,14,16H,4,9-10H2,1-3H3. The molecule has 4 nitrogen and oxygen atoms in total. The number of nitrogens with zero attached hydrogens (tertiary/aromatic N) is 3. The lowest BCUT2D eigenvalue weighted by Crippen LogP contribution is -2.31. The normalized spacial score (nSPS) is 12.6. The molecule has 0 saturated carbocycles. The molecule has 0 saturated heterocycles. The Morgan fingerprint density at radius 2 is 1.95 bits per heavy atom. The molecule has 1 unspecified atom stereocenters. The highest BCUT2D eigenvalue weighted by atomic mass is 15.3. The third kappa shape index (κ3) is 3.64. The summed E-state index contributed by atoms with van der Waals surface area (Å²) in [6, 6.07) is 9.11. The van der Waals surface area contributed by atoms with E-state index in [-0.39, 0.29) is 0 Å². The summed E-state index contributed by atoms with van der Waals surface area (Å²) in [4.78, 5) is 4.34. The molecule has 2 aromatic rings. The Labute approximate surface area is 114 Å². The van der Waals surface area contributed by atoms with Crippen molar-refractivity contribution in [2.45, 2.75) is 39.3 Å². The summed E-state index contributed by atoms with van der Waals surface area (Å²) in [5.41, 5.74) is 2.66. The Kier molecular flexibility index (Phi) is 4.68. The third-order valence-corrected chi connectivity index (χ3v) is 3.44. The van der Waals surface area contributed by atoms with Gasteiger partial charge in [0.1, 0.15) is 12.2 Å². The van der Waals surface area contributed by atoms with E-state index in [4.69, 9.17) is 0 Å². The Morgan fingerprint density at radius 3 is 2.58 bits per heavy atom. The molecule has 2 rings (SSSR count). The number of benzene rings is 1. The number of nitrogens with one attached hydrogen (secondary N) is 1. The summed E-state index contributed by atoms with van der Waals surface area (Å²) >= 11 is 0. The van der Waals surface area contributed by atoms with Gasteiger partial charge in [-0.05, 0) is 32.9 Å². The van der Waals surface area contributed by atoms with Gasteiger partial charge in [0.25, 0.3) is 0 Å². The van der Waals surface area contributed by atoms with Gasteiger partial charge in [0.15, 0.2) is 0 Å². The Hall–Kier alpha value is -1.68. The van der Waals surface area contributed by atoms with E-state index in [2.05, 4.69) is 53.5 Å². The summed E-state index contributed by atoms with van der Waals surface area (Å²) in [5, 5.41) is 7.59. The zero-order valence-electron chi connectivity index (χ0n) is 11.9. The molecule has 0 aliphatic heterocycles. The van der Waals surface area contributed by atoms with Crippen molar-refractivity contribution in [1.82, 2.24) is 20.1 Å². The first-order valence-electron chi connectivity index (χ1n) is 6.82. The molecule has 1 atom stereocenters. The first kappa shape index (κ1) is 13.7. The average molecular weight is 258 g/mol. The van der Waals surface area contributed by atoms with Gasteiger partial charge in [-0.3, -0.25) is 4.68 Å². The minimum atomic E-state index is 0.386. The van der Waals surface area contributed by atoms with Gasteiger partial charge in [0.05, 0.1) is 0 Å². The van der Waals surface area contributed by atoms with Crippen molar-refractivity contribution < 1.29 is 0 Å². The highest BCUT2D eigenvalue weighted by Gasteiger charge is 2.12. The molecular formula is C15H22N4. The fourth-order valence-electron chi connectivity index (χ4n) is 2.22. The van der Waals surface area contributed by atoms with Crippen LogP contribution in [-0.4, -0.2) is 27.9 Å². The van der Waals surface area contributed by atoms with E-state index < -0.39 is 0 Å². The second-order valence-electron chi connectivity index (χ2n) is 4.87. The molecule has 4 heteroatoms. The molecule has 19 heavy (non-hydrogen) atoms. The molecular weight excluding hydrogens is 236 g/mol. The van der Waals surface area contributed by atoms with E-state index in [1.54, 1.807) is 6.33 Å². The third-order valence-electron chi connectivity index (χ3n) is 3.44. The summed E-state index contributed by atoms with van der Waals surface area (Å²) in [5.74, 6) is 1.05.